The van der Waals surface area contributed by atoms with Gasteiger partial charge in [0.05, 0.1) is 5.69 Å². The van der Waals surface area contributed by atoms with Crippen molar-refractivity contribution in [1.29, 1.82) is 0 Å². The van der Waals surface area contributed by atoms with E-state index < -0.39 is 0 Å². The minimum atomic E-state index is 0.0120. The number of piperidine rings is 1. The van der Waals surface area contributed by atoms with Crippen LogP contribution in [0.1, 0.15) is 43.7 Å². The molecule has 0 saturated carbocycles. The summed E-state index contributed by atoms with van der Waals surface area (Å²) in [5, 5.41) is 6.89. The molecule has 6 nitrogen and oxygen atoms in total. The van der Waals surface area contributed by atoms with Gasteiger partial charge in [0.25, 0.3) is 0 Å². The smallest absolute Gasteiger partial charge is 0.317 e. The Morgan fingerprint density at radius 1 is 1.32 bits per heavy atom. The van der Waals surface area contributed by atoms with E-state index in [-0.39, 0.29) is 6.03 Å². The highest BCUT2D eigenvalue weighted by Gasteiger charge is 2.25. The highest BCUT2D eigenvalue weighted by molar-refractivity contribution is 5.74. The monoisotopic (exact) mass is 308 g/mol. The summed E-state index contributed by atoms with van der Waals surface area (Å²) in [6.45, 7) is 12.5. The van der Waals surface area contributed by atoms with Gasteiger partial charge in [0.15, 0.2) is 0 Å². The van der Waals surface area contributed by atoms with Gasteiger partial charge < -0.3 is 19.6 Å². The van der Waals surface area contributed by atoms with Crippen LogP contribution in [0.15, 0.2) is 4.52 Å². The molecule has 1 saturated heterocycles. The largest absolute Gasteiger partial charge is 0.361 e. The molecule has 0 aromatic carbocycles. The van der Waals surface area contributed by atoms with Crippen LogP contribution in [0, 0.1) is 13.8 Å². The summed E-state index contributed by atoms with van der Waals surface area (Å²) in [6.07, 6.45) is 2.11. The fraction of sp³-hybridized carbons (Fsp3) is 0.750. The van der Waals surface area contributed by atoms with Gasteiger partial charge in [-0.25, -0.2) is 4.79 Å². The number of carbonyl (C=O) groups excluding carboxylic acids is 1. The first-order chi connectivity index (χ1) is 10.6. The Kier molecular flexibility index (Phi) is 5.83. The normalized spacial score (nSPS) is 16.3. The summed E-state index contributed by atoms with van der Waals surface area (Å²) < 4.78 is 5.12. The van der Waals surface area contributed by atoms with Gasteiger partial charge in [-0.15, -0.1) is 0 Å². The van der Waals surface area contributed by atoms with Crippen molar-refractivity contribution in [2.75, 3.05) is 26.2 Å². The summed E-state index contributed by atoms with van der Waals surface area (Å²) in [5.41, 5.74) is 1.82. The van der Waals surface area contributed by atoms with Gasteiger partial charge in [0.2, 0.25) is 0 Å². The lowest BCUT2D eigenvalue weighted by atomic mass is 10.0. The molecule has 0 bridgehead atoms. The van der Waals surface area contributed by atoms with Crippen molar-refractivity contribution in [3.8, 4) is 0 Å². The third-order valence-corrected chi connectivity index (χ3v) is 4.68. The van der Waals surface area contributed by atoms with Crippen LogP contribution in [-0.2, 0) is 6.54 Å². The Bertz CT molecular complexity index is 469. The molecule has 0 spiro atoms. The first-order valence-corrected chi connectivity index (χ1v) is 8.25. The van der Waals surface area contributed by atoms with Gasteiger partial charge in [0.1, 0.15) is 5.76 Å². The maximum atomic E-state index is 12.3. The van der Waals surface area contributed by atoms with Gasteiger partial charge in [-0.05, 0) is 39.8 Å². The van der Waals surface area contributed by atoms with Crippen LogP contribution in [0.3, 0.4) is 0 Å². The quantitative estimate of drug-likeness (QED) is 0.906. The lowest BCUT2D eigenvalue weighted by molar-refractivity contribution is 0.124. The van der Waals surface area contributed by atoms with Crippen LogP contribution in [0.25, 0.3) is 0 Å². The number of urea groups is 1. The second-order valence-corrected chi connectivity index (χ2v) is 5.90. The Labute approximate surface area is 132 Å². The molecule has 1 N–H and O–H groups in total. The van der Waals surface area contributed by atoms with Gasteiger partial charge in [-0.3, -0.25) is 0 Å². The minimum absolute atomic E-state index is 0.0120. The summed E-state index contributed by atoms with van der Waals surface area (Å²) in [7, 11) is 0. The van der Waals surface area contributed by atoms with Crippen LogP contribution in [0.4, 0.5) is 4.79 Å². The number of aryl methyl sites for hydroxylation is 2. The van der Waals surface area contributed by atoms with Crippen molar-refractivity contribution in [2.45, 2.75) is 53.1 Å². The van der Waals surface area contributed by atoms with E-state index in [4.69, 9.17) is 4.52 Å². The maximum absolute atomic E-state index is 12.3. The molecule has 1 aromatic rings. The van der Waals surface area contributed by atoms with Crippen molar-refractivity contribution in [3.63, 3.8) is 0 Å². The zero-order chi connectivity index (χ0) is 16.1. The lowest BCUT2D eigenvalue weighted by Crippen LogP contribution is -2.49. The Morgan fingerprint density at radius 3 is 2.45 bits per heavy atom. The van der Waals surface area contributed by atoms with Crippen LogP contribution in [0.5, 0.6) is 0 Å². The van der Waals surface area contributed by atoms with Crippen molar-refractivity contribution in [1.82, 2.24) is 20.3 Å². The zero-order valence-electron chi connectivity index (χ0n) is 14.2. The molecule has 0 radical (unpaired) electrons. The molecule has 0 unspecified atom stereocenters. The highest BCUT2D eigenvalue weighted by atomic mass is 16.5. The third-order valence-electron chi connectivity index (χ3n) is 4.68. The second-order valence-electron chi connectivity index (χ2n) is 5.90. The Balaban J connectivity index is 1.80. The van der Waals surface area contributed by atoms with Gasteiger partial charge in [0, 0.05) is 31.2 Å². The van der Waals surface area contributed by atoms with E-state index >= 15 is 0 Å². The number of rotatable bonds is 5. The van der Waals surface area contributed by atoms with Crippen molar-refractivity contribution in [2.24, 2.45) is 0 Å². The fourth-order valence-electron chi connectivity index (χ4n) is 3.20. The predicted octanol–water partition coefficient (Wildman–Crippen LogP) is 2.31. The molecule has 1 aliphatic rings. The number of carbonyl (C=O) groups is 1. The topological polar surface area (TPSA) is 61.6 Å². The van der Waals surface area contributed by atoms with E-state index in [0.29, 0.717) is 12.6 Å². The maximum Gasteiger partial charge on any atom is 0.317 e. The number of likely N-dealkylation sites (tertiary alicyclic amines) is 1. The summed E-state index contributed by atoms with van der Waals surface area (Å²) >= 11 is 0. The first kappa shape index (κ1) is 16.8. The molecule has 0 atom stereocenters. The molecule has 22 heavy (non-hydrogen) atoms. The van der Waals surface area contributed by atoms with E-state index in [1.807, 2.05) is 18.7 Å². The number of nitrogens with zero attached hydrogens (tertiary/aromatic N) is 3. The molecule has 6 heteroatoms. The molecule has 2 rings (SSSR count). The van der Waals surface area contributed by atoms with E-state index in [2.05, 4.69) is 29.2 Å². The van der Waals surface area contributed by atoms with Crippen molar-refractivity contribution < 1.29 is 9.32 Å². The standard InChI is InChI=1S/C16H28N4O2/c1-5-19(6-2)14-7-9-20(10-8-14)16(21)17-11-15-12(3)18-22-13(15)4/h14H,5-11H2,1-4H3,(H,17,21). The predicted molar refractivity (Wildman–Crippen MR) is 85.7 cm³/mol. The van der Waals surface area contributed by atoms with E-state index in [1.54, 1.807) is 0 Å². The summed E-state index contributed by atoms with van der Waals surface area (Å²) in [4.78, 5) is 16.7. The van der Waals surface area contributed by atoms with Crippen molar-refractivity contribution in [3.05, 3.63) is 17.0 Å². The van der Waals surface area contributed by atoms with Gasteiger partial charge in [-0.1, -0.05) is 19.0 Å². The molecule has 1 fully saturated rings. The van der Waals surface area contributed by atoms with Gasteiger partial charge in [-0.2, -0.15) is 0 Å². The van der Waals surface area contributed by atoms with E-state index in [9.17, 15) is 4.79 Å². The molecule has 1 aliphatic heterocycles. The average molecular weight is 308 g/mol. The molecule has 0 aliphatic carbocycles. The SMILES string of the molecule is CCN(CC)C1CCN(C(=O)NCc2c(C)noc2C)CC1. The number of hydrogen-bond donors (Lipinski definition) is 1. The van der Waals surface area contributed by atoms with Crippen molar-refractivity contribution >= 4 is 6.03 Å². The van der Waals surface area contributed by atoms with Crippen LogP contribution >= 0.6 is 0 Å². The molecule has 1 aromatic heterocycles. The fourth-order valence-corrected chi connectivity index (χ4v) is 3.20. The van der Waals surface area contributed by atoms with Crippen LogP contribution in [0.2, 0.25) is 0 Å². The molecular formula is C16H28N4O2. The minimum Gasteiger partial charge on any atom is -0.361 e. The van der Waals surface area contributed by atoms with Gasteiger partial charge >= 0.3 is 6.03 Å². The molecule has 124 valence electrons. The van der Waals surface area contributed by atoms with E-state index in [0.717, 1.165) is 56.0 Å². The summed E-state index contributed by atoms with van der Waals surface area (Å²) in [5.74, 6) is 0.776. The highest BCUT2D eigenvalue weighted by Crippen LogP contribution is 2.17. The lowest BCUT2D eigenvalue weighted by Gasteiger charge is -2.37. The zero-order valence-corrected chi connectivity index (χ0v) is 14.2. The van der Waals surface area contributed by atoms with Crippen LogP contribution < -0.4 is 5.32 Å². The van der Waals surface area contributed by atoms with E-state index in [1.165, 1.54) is 0 Å². The number of amides is 2. The number of aromatic nitrogens is 1. The summed E-state index contributed by atoms with van der Waals surface area (Å²) in [6, 6.07) is 0.625. The Hall–Kier alpha value is -1.56. The Morgan fingerprint density at radius 2 is 1.95 bits per heavy atom. The molecular weight excluding hydrogens is 280 g/mol. The molecule has 2 heterocycles. The third kappa shape index (κ3) is 3.80. The second kappa shape index (κ2) is 7.63. The van der Waals surface area contributed by atoms with Crippen LogP contribution in [-0.4, -0.2) is 53.2 Å². The first-order valence-electron chi connectivity index (χ1n) is 8.25. The molecule has 2 amide bonds. The average Bonchev–Trinajstić information content (AvgIpc) is 2.85. The number of hydrogen-bond acceptors (Lipinski definition) is 4. The number of nitrogens with one attached hydrogen (secondary N) is 1.